The van der Waals surface area contributed by atoms with Crippen molar-refractivity contribution in [3.05, 3.63) is 29.3 Å². The fraction of sp³-hybridized carbons (Fsp3) is 0.462. The van der Waals surface area contributed by atoms with Gasteiger partial charge in [0, 0.05) is 5.56 Å². The molecule has 136 valence electrons. The van der Waals surface area contributed by atoms with Gasteiger partial charge in [-0.05, 0) is 44.5 Å². The zero-order valence-corrected chi connectivity index (χ0v) is 15.4. The normalized spacial score (nSPS) is 12.0. The summed E-state index contributed by atoms with van der Waals surface area (Å²) in [5.74, 6) is -0.750. The molecule has 9 nitrogen and oxygen atoms in total. The molecular formula is C13H21NO8P2. The number of rotatable bonds is 9. The Labute approximate surface area is 140 Å². The van der Waals surface area contributed by atoms with E-state index in [-0.39, 0.29) is 30.8 Å². The van der Waals surface area contributed by atoms with Crippen LogP contribution in [0.5, 0.6) is 5.75 Å². The van der Waals surface area contributed by atoms with E-state index in [9.17, 15) is 13.9 Å². The minimum absolute atomic E-state index is 0.0954. The van der Waals surface area contributed by atoms with Crippen LogP contribution >= 0.6 is 15.4 Å². The zero-order chi connectivity index (χ0) is 18.4. The summed E-state index contributed by atoms with van der Waals surface area (Å²) >= 11 is 0. The average molecular weight is 381 g/mol. The second-order valence-corrected chi connectivity index (χ2v) is 7.95. The van der Waals surface area contributed by atoms with Crippen LogP contribution in [0, 0.1) is 6.92 Å². The van der Waals surface area contributed by atoms with E-state index in [2.05, 4.69) is 9.84 Å². The third-order valence-electron chi connectivity index (χ3n) is 2.62. The summed E-state index contributed by atoms with van der Waals surface area (Å²) in [4.78, 5) is 29.9. The van der Waals surface area contributed by atoms with Crippen molar-refractivity contribution in [2.24, 2.45) is 0 Å². The first kappa shape index (κ1) is 20.8. The Morgan fingerprint density at radius 3 is 2.21 bits per heavy atom. The largest absolute Gasteiger partial charge is 0.524 e. The molecule has 24 heavy (non-hydrogen) atoms. The lowest BCUT2D eigenvalue weighted by Gasteiger charge is -2.17. The molecular weight excluding hydrogens is 360 g/mol. The first-order valence-electron chi connectivity index (χ1n) is 7.11. The second-order valence-electron chi connectivity index (χ2n) is 4.73. The van der Waals surface area contributed by atoms with Crippen LogP contribution in [0.2, 0.25) is 0 Å². The molecule has 0 fully saturated rings. The van der Waals surface area contributed by atoms with Crippen molar-refractivity contribution < 1.29 is 37.3 Å². The molecule has 0 atom stereocenters. The molecule has 0 heterocycles. The van der Waals surface area contributed by atoms with Gasteiger partial charge in [0.05, 0.1) is 13.2 Å². The van der Waals surface area contributed by atoms with Gasteiger partial charge in [0.15, 0.2) is 0 Å². The van der Waals surface area contributed by atoms with Crippen molar-refractivity contribution in [2.45, 2.75) is 20.8 Å². The van der Waals surface area contributed by atoms with Crippen LogP contribution in [0.3, 0.4) is 0 Å². The van der Waals surface area contributed by atoms with Gasteiger partial charge in [0.1, 0.15) is 12.0 Å². The number of amides is 1. The zero-order valence-electron chi connectivity index (χ0n) is 13.6. The molecule has 1 aromatic carbocycles. The number of carbonyl (C=O) groups excluding carboxylic acids is 1. The Kier molecular flexibility index (Phi) is 7.60. The van der Waals surface area contributed by atoms with Gasteiger partial charge in [-0.25, -0.2) is 4.57 Å². The Balaban J connectivity index is 2.87. The summed E-state index contributed by atoms with van der Waals surface area (Å²) in [6.45, 7) is 5.27. The number of hydrogen-bond acceptors (Lipinski definition) is 6. The first-order chi connectivity index (χ1) is 11.1. The predicted octanol–water partition coefficient (Wildman–Crippen LogP) is 2.42. The number of nitrogens with one attached hydrogen (secondary N) is 1. The quantitative estimate of drug-likeness (QED) is 0.556. The Hall–Kier alpha value is -1.21. The maximum absolute atomic E-state index is 12.3. The molecule has 0 spiro atoms. The molecule has 0 aromatic heterocycles. The van der Waals surface area contributed by atoms with Crippen molar-refractivity contribution >= 4 is 21.3 Å². The van der Waals surface area contributed by atoms with Gasteiger partial charge < -0.3 is 18.9 Å². The molecule has 0 aliphatic rings. The summed E-state index contributed by atoms with van der Waals surface area (Å²) in [6.07, 6.45) is -0.323. The van der Waals surface area contributed by atoms with E-state index in [0.717, 1.165) is 0 Å². The third-order valence-corrected chi connectivity index (χ3v) is 4.92. The molecule has 0 radical (unpaired) electrons. The Morgan fingerprint density at radius 1 is 1.12 bits per heavy atom. The van der Waals surface area contributed by atoms with Crippen LogP contribution in [-0.2, 0) is 18.2 Å². The van der Waals surface area contributed by atoms with E-state index >= 15 is 0 Å². The maximum Gasteiger partial charge on any atom is 0.524 e. The highest BCUT2D eigenvalue weighted by Gasteiger charge is 2.25. The highest BCUT2D eigenvalue weighted by atomic mass is 31.2. The fourth-order valence-electron chi connectivity index (χ4n) is 1.86. The van der Waals surface area contributed by atoms with Gasteiger partial charge >= 0.3 is 15.4 Å². The van der Waals surface area contributed by atoms with Gasteiger partial charge in [-0.3, -0.25) is 19.1 Å². The lowest BCUT2D eigenvalue weighted by Crippen LogP contribution is -2.25. The highest BCUT2D eigenvalue weighted by Crippen LogP contribution is 2.46. The standard InChI is InChI=1S/C13H21NO8P2/c1-4-20-23(16,21-5-2)9-14-13(15)11-6-10(3)7-12(8-11)22-24(17,18)19/h6-8H,4-5,9H2,1-3H3,(H,14,15)(H2,17,18,19). The molecule has 0 bridgehead atoms. The van der Waals surface area contributed by atoms with Gasteiger partial charge in [0.2, 0.25) is 0 Å². The topological polar surface area (TPSA) is 131 Å². The van der Waals surface area contributed by atoms with Crippen LogP contribution in [0.4, 0.5) is 0 Å². The van der Waals surface area contributed by atoms with Gasteiger partial charge in [-0.2, -0.15) is 0 Å². The summed E-state index contributed by atoms with van der Waals surface area (Å²) < 4.78 is 37.8. The lowest BCUT2D eigenvalue weighted by molar-refractivity contribution is 0.0953. The number of phosphoric ester groups is 1. The molecule has 3 N–H and O–H groups in total. The number of phosphoric acid groups is 1. The summed E-state index contributed by atoms with van der Waals surface area (Å²) in [7, 11) is -8.17. The van der Waals surface area contributed by atoms with Gasteiger partial charge in [-0.1, -0.05) is 0 Å². The molecule has 1 rings (SSSR count). The van der Waals surface area contributed by atoms with Crippen LogP contribution < -0.4 is 9.84 Å². The first-order valence-corrected chi connectivity index (χ1v) is 10.4. The van der Waals surface area contributed by atoms with Crippen LogP contribution in [0.1, 0.15) is 29.8 Å². The lowest BCUT2D eigenvalue weighted by atomic mass is 10.1. The minimum atomic E-state index is -4.73. The van der Waals surface area contributed by atoms with E-state index in [1.165, 1.54) is 18.2 Å². The highest BCUT2D eigenvalue weighted by molar-refractivity contribution is 7.53. The number of benzene rings is 1. The molecule has 0 saturated carbocycles. The van der Waals surface area contributed by atoms with Gasteiger partial charge in [0.25, 0.3) is 5.91 Å². The van der Waals surface area contributed by atoms with Gasteiger partial charge in [-0.15, -0.1) is 0 Å². The van der Waals surface area contributed by atoms with E-state index in [0.29, 0.717) is 5.56 Å². The Morgan fingerprint density at radius 2 is 1.71 bits per heavy atom. The average Bonchev–Trinajstić information content (AvgIpc) is 2.43. The van der Waals surface area contributed by atoms with Crippen molar-refractivity contribution in [1.82, 2.24) is 5.32 Å². The molecule has 1 amide bonds. The Bertz CT molecular complexity index is 662. The van der Waals surface area contributed by atoms with Crippen LogP contribution in [0.25, 0.3) is 0 Å². The van der Waals surface area contributed by atoms with E-state index in [1.54, 1.807) is 20.8 Å². The SMILES string of the molecule is CCOP(=O)(CNC(=O)c1cc(C)cc(OP(=O)(O)O)c1)OCC. The number of hydrogen-bond donors (Lipinski definition) is 3. The third kappa shape index (κ3) is 7.13. The summed E-state index contributed by atoms with van der Waals surface area (Å²) in [5, 5.41) is 2.42. The maximum atomic E-state index is 12.3. The predicted molar refractivity (Wildman–Crippen MR) is 87.0 cm³/mol. The number of aryl methyl sites for hydroxylation is 1. The second kappa shape index (κ2) is 8.76. The molecule has 11 heteroatoms. The molecule has 0 unspecified atom stereocenters. The molecule has 0 aliphatic carbocycles. The molecule has 1 aromatic rings. The van der Waals surface area contributed by atoms with E-state index < -0.39 is 21.3 Å². The van der Waals surface area contributed by atoms with Crippen molar-refractivity contribution in [2.75, 3.05) is 19.5 Å². The van der Waals surface area contributed by atoms with E-state index in [4.69, 9.17) is 18.8 Å². The van der Waals surface area contributed by atoms with Crippen LogP contribution in [0.15, 0.2) is 18.2 Å². The van der Waals surface area contributed by atoms with Crippen molar-refractivity contribution in [3.8, 4) is 5.75 Å². The van der Waals surface area contributed by atoms with E-state index in [1.807, 2.05) is 0 Å². The summed E-state index contributed by atoms with van der Waals surface area (Å²) in [6, 6.07) is 4.04. The summed E-state index contributed by atoms with van der Waals surface area (Å²) in [5.41, 5.74) is 0.655. The fourth-order valence-corrected chi connectivity index (χ4v) is 3.62. The van der Waals surface area contributed by atoms with Crippen molar-refractivity contribution in [1.29, 1.82) is 0 Å². The van der Waals surface area contributed by atoms with Crippen molar-refractivity contribution in [3.63, 3.8) is 0 Å². The molecule has 0 aliphatic heterocycles. The minimum Gasteiger partial charge on any atom is -0.404 e. The monoisotopic (exact) mass is 381 g/mol. The molecule has 0 saturated heterocycles. The number of carbonyl (C=O) groups is 1. The van der Waals surface area contributed by atoms with Crippen LogP contribution in [-0.4, -0.2) is 35.2 Å². The smallest absolute Gasteiger partial charge is 0.404 e.